The number of anilines is 2. The first kappa shape index (κ1) is 27.4. The van der Waals surface area contributed by atoms with Crippen LogP contribution in [0.5, 0.6) is 0 Å². The Morgan fingerprint density at radius 1 is 1.25 bits per heavy atom. The molecule has 3 fully saturated rings. The maximum Gasteiger partial charge on any atom is 0.321 e. The number of amides is 2. The van der Waals surface area contributed by atoms with Gasteiger partial charge in [-0.05, 0) is 50.9 Å². The van der Waals surface area contributed by atoms with Crippen LogP contribution in [0.1, 0.15) is 46.0 Å². The number of piperidine rings is 1. The Morgan fingerprint density at radius 3 is 2.67 bits per heavy atom. The molecule has 1 aliphatic carbocycles. The summed E-state index contributed by atoms with van der Waals surface area (Å²) in [6.07, 6.45) is 7.29. The van der Waals surface area contributed by atoms with E-state index < -0.39 is 11.0 Å². The number of aromatic nitrogens is 5. The topological polar surface area (TPSA) is 113 Å². The van der Waals surface area contributed by atoms with Gasteiger partial charge in [0.15, 0.2) is 5.82 Å². The zero-order valence-corrected chi connectivity index (χ0v) is 23.5. The first-order valence-electron chi connectivity index (χ1n) is 13.6. The Morgan fingerprint density at radius 2 is 2.02 bits per heavy atom. The van der Waals surface area contributed by atoms with Crippen molar-refractivity contribution in [3.8, 4) is 11.4 Å². The minimum Gasteiger partial charge on any atom is -0.380 e. The first-order chi connectivity index (χ1) is 18.9. The number of alkyl halides is 2. The van der Waals surface area contributed by atoms with Crippen LogP contribution in [0.3, 0.4) is 0 Å². The van der Waals surface area contributed by atoms with E-state index in [0.29, 0.717) is 60.5 Å². The van der Waals surface area contributed by atoms with Gasteiger partial charge in [-0.2, -0.15) is 10.2 Å². The number of H-pyrrole nitrogens is 1. The summed E-state index contributed by atoms with van der Waals surface area (Å²) in [7, 11) is 12.7. The molecule has 14 heteroatoms. The van der Waals surface area contributed by atoms with E-state index in [4.69, 9.17) is 32.0 Å². The van der Waals surface area contributed by atoms with Crippen molar-refractivity contribution < 1.29 is 13.9 Å². The molecule has 0 bridgehead atoms. The van der Waals surface area contributed by atoms with E-state index in [-0.39, 0.29) is 23.5 Å². The number of fused-ring (bicyclic) bond motifs is 1. The second-order valence-corrected chi connectivity index (χ2v) is 12.6. The van der Waals surface area contributed by atoms with Gasteiger partial charge in [-0.3, -0.25) is 14.8 Å². The van der Waals surface area contributed by atoms with Crippen molar-refractivity contribution in [2.75, 3.05) is 36.3 Å². The van der Waals surface area contributed by atoms with Gasteiger partial charge in [-0.1, -0.05) is 6.42 Å². The first-order valence-corrected chi connectivity index (χ1v) is 14.1. The molecule has 0 unspecified atom stereocenters. The molecule has 3 N–H and O–H groups in total. The second-order valence-electron chi connectivity index (χ2n) is 12.3. The molecule has 1 saturated carbocycles. The molecule has 2 amide bonds. The number of urea groups is 1. The second kappa shape index (κ2) is 9.65. The minimum absolute atomic E-state index is 0.0388. The molecule has 0 aromatic carbocycles. The molecule has 3 aromatic rings. The average molecular weight is 565 g/mol. The Bertz CT molecular complexity index is 1420. The zero-order chi connectivity index (χ0) is 28.3. The van der Waals surface area contributed by atoms with Gasteiger partial charge in [-0.15, -0.1) is 11.6 Å². The number of likely N-dealkylation sites (tertiary alicyclic amines) is 1. The van der Waals surface area contributed by atoms with Crippen molar-refractivity contribution >= 4 is 55.7 Å². The summed E-state index contributed by atoms with van der Waals surface area (Å²) in [5, 5.41) is 17.6. The number of nitrogens with zero attached hydrogens (tertiary/aromatic N) is 5. The monoisotopic (exact) mass is 564 g/mol. The van der Waals surface area contributed by atoms with Crippen molar-refractivity contribution in [2.45, 2.75) is 69.0 Å². The number of halogens is 2. The van der Waals surface area contributed by atoms with Gasteiger partial charge < -0.3 is 20.3 Å². The number of hydrogen-bond donors (Lipinski definition) is 3. The third-order valence-corrected chi connectivity index (χ3v) is 8.74. The number of carbonyl (C=O) groups excluding carboxylic acids is 1. The summed E-state index contributed by atoms with van der Waals surface area (Å²) < 4.78 is 21.8. The van der Waals surface area contributed by atoms with Crippen molar-refractivity contribution in [2.24, 2.45) is 5.41 Å². The molecule has 2 aliphatic heterocycles. The van der Waals surface area contributed by atoms with Crippen molar-refractivity contribution in [3.63, 3.8) is 0 Å². The molecule has 3 aromatic heterocycles. The van der Waals surface area contributed by atoms with Crippen LogP contribution < -0.4 is 10.6 Å². The van der Waals surface area contributed by atoms with Crippen LogP contribution in [0.15, 0.2) is 18.5 Å². The Balaban J connectivity index is 1.30. The standard InChI is InChI=1S/C26H32B2ClFN8O2/c1-23(2,30)13-37-19-8-17(31-9-16(19)21(36-37)32-12-24(11-29)14-40-15-24)20-18(10-33-35-20)34-22(39)38-25(6-7-25)4-3-5-26(38,27)28/h8-10H,3-7,11-15H2,1-2H3,(H,32,36)(H,33,35)(H,34,39). The van der Waals surface area contributed by atoms with Crippen LogP contribution in [0, 0.1) is 5.41 Å². The predicted molar refractivity (Wildman–Crippen MR) is 154 cm³/mol. The Hall–Kier alpha value is -2.79. The lowest BCUT2D eigenvalue weighted by atomic mass is 9.55. The number of nitrogens with one attached hydrogen (secondary N) is 3. The van der Waals surface area contributed by atoms with Crippen LogP contribution in [-0.4, -0.2) is 93.8 Å². The molecule has 5 heterocycles. The summed E-state index contributed by atoms with van der Waals surface area (Å²) in [5.41, 5.74) is 0.202. The maximum atomic E-state index is 14.8. The van der Waals surface area contributed by atoms with E-state index in [0.717, 1.165) is 31.1 Å². The van der Waals surface area contributed by atoms with Crippen molar-refractivity contribution in [3.05, 3.63) is 18.5 Å². The number of aromatic amines is 1. The predicted octanol–water partition coefficient (Wildman–Crippen LogP) is 3.78. The number of rotatable bonds is 8. The molecule has 0 atom stereocenters. The maximum absolute atomic E-state index is 14.8. The van der Waals surface area contributed by atoms with Gasteiger partial charge in [0.1, 0.15) is 11.4 Å². The molecule has 6 rings (SSSR count). The van der Waals surface area contributed by atoms with E-state index in [1.165, 1.54) is 20.0 Å². The normalized spacial score (nSPS) is 20.9. The highest BCUT2D eigenvalue weighted by molar-refractivity contribution is 6.41. The van der Waals surface area contributed by atoms with Crippen LogP contribution in [0.2, 0.25) is 0 Å². The number of carbonyl (C=O) groups is 1. The molecule has 1 spiro atoms. The summed E-state index contributed by atoms with van der Waals surface area (Å²) in [6.45, 7) is 4.77. The molecular weight excluding hydrogens is 532 g/mol. The quantitative estimate of drug-likeness (QED) is 0.284. The lowest BCUT2D eigenvalue weighted by molar-refractivity contribution is -0.0901. The van der Waals surface area contributed by atoms with E-state index in [9.17, 15) is 9.18 Å². The fourth-order valence-corrected chi connectivity index (χ4v) is 6.09. The zero-order valence-electron chi connectivity index (χ0n) is 22.8. The molecule has 4 radical (unpaired) electrons. The van der Waals surface area contributed by atoms with Crippen LogP contribution >= 0.6 is 11.6 Å². The Kier molecular flexibility index (Phi) is 6.61. The summed E-state index contributed by atoms with van der Waals surface area (Å²) >= 11 is 6.19. The van der Waals surface area contributed by atoms with Gasteiger partial charge in [0.05, 0.1) is 63.9 Å². The smallest absolute Gasteiger partial charge is 0.321 e. The molecule has 10 nitrogen and oxygen atoms in total. The van der Waals surface area contributed by atoms with E-state index >= 15 is 0 Å². The molecular formula is C26H32B2ClFN8O2. The minimum atomic E-state index is -1.50. The summed E-state index contributed by atoms with van der Waals surface area (Å²) in [6, 6.07) is 1.45. The van der Waals surface area contributed by atoms with E-state index in [1.807, 2.05) is 6.07 Å². The largest absolute Gasteiger partial charge is 0.380 e. The highest BCUT2D eigenvalue weighted by Crippen LogP contribution is 2.52. The van der Waals surface area contributed by atoms with E-state index in [2.05, 4.69) is 30.9 Å². The van der Waals surface area contributed by atoms with Gasteiger partial charge in [0, 0.05) is 29.6 Å². The van der Waals surface area contributed by atoms with Crippen LogP contribution in [0.4, 0.5) is 20.7 Å². The van der Waals surface area contributed by atoms with Gasteiger partial charge >= 0.3 is 6.03 Å². The molecule has 40 heavy (non-hydrogen) atoms. The molecule has 3 aliphatic rings. The summed E-state index contributed by atoms with van der Waals surface area (Å²) in [5.74, 6) is 1.05. The number of pyridine rings is 1. The van der Waals surface area contributed by atoms with Crippen molar-refractivity contribution in [1.29, 1.82) is 0 Å². The summed E-state index contributed by atoms with van der Waals surface area (Å²) in [4.78, 5) is 19.7. The van der Waals surface area contributed by atoms with Crippen LogP contribution in [-0.2, 0) is 11.3 Å². The third-order valence-electron chi connectivity index (χ3n) is 8.17. The Labute approximate surface area is 239 Å². The lowest BCUT2D eigenvalue weighted by Crippen LogP contribution is -2.62. The van der Waals surface area contributed by atoms with Gasteiger partial charge in [0.2, 0.25) is 0 Å². The fraction of sp³-hybridized carbons (Fsp3) is 0.615. The number of ether oxygens (including phenoxy) is 1. The van der Waals surface area contributed by atoms with Gasteiger partial charge in [-0.25, -0.2) is 9.18 Å². The highest BCUT2D eigenvalue weighted by Gasteiger charge is 2.56. The molecule has 208 valence electrons. The van der Waals surface area contributed by atoms with E-state index in [1.54, 1.807) is 15.8 Å². The fourth-order valence-electron chi connectivity index (χ4n) is 5.84. The molecule has 2 saturated heterocycles. The number of hydrogen-bond acceptors (Lipinski definition) is 6. The van der Waals surface area contributed by atoms with Crippen LogP contribution in [0.25, 0.3) is 22.3 Å². The average Bonchev–Trinajstić information content (AvgIpc) is 3.30. The van der Waals surface area contributed by atoms with Crippen molar-refractivity contribution in [1.82, 2.24) is 29.9 Å². The lowest BCUT2D eigenvalue weighted by Gasteiger charge is -2.49. The van der Waals surface area contributed by atoms with Gasteiger partial charge in [0.25, 0.3) is 0 Å². The third kappa shape index (κ3) is 4.95. The highest BCUT2D eigenvalue weighted by atomic mass is 35.5. The SMILES string of the molecule is [B]C1([B])CCCC2(CC2)N1C(=O)Nc1cn[nH]c1-c1cc2c(cn1)c(NCC1(CCl)COC1)nn2CC(C)(C)F.